The van der Waals surface area contributed by atoms with Crippen LogP contribution in [0, 0.1) is 12.8 Å². The summed E-state index contributed by atoms with van der Waals surface area (Å²) in [4.78, 5) is 35.7. The first-order valence-electron chi connectivity index (χ1n) is 7.85. The number of nitrogens with one attached hydrogen (secondary N) is 2. The number of aryl methyl sites for hydroxylation is 1. The Labute approximate surface area is 134 Å². The predicted molar refractivity (Wildman–Crippen MR) is 86.9 cm³/mol. The van der Waals surface area contributed by atoms with E-state index in [9.17, 15) is 9.59 Å². The zero-order valence-corrected chi connectivity index (χ0v) is 13.3. The Morgan fingerprint density at radius 2 is 2.22 bits per heavy atom. The maximum Gasteiger partial charge on any atom is 0.255 e. The van der Waals surface area contributed by atoms with Gasteiger partial charge in [0, 0.05) is 23.5 Å². The van der Waals surface area contributed by atoms with Crippen molar-refractivity contribution in [2.24, 2.45) is 5.92 Å². The number of aromatic nitrogens is 3. The smallest absolute Gasteiger partial charge is 0.255 e. The lowest BCUT2D eigenvalue weighted by Crippen LogP contribution is -2.36. The first-order chi connectivity index (χ1) is 11.0. The third kappa shape index (κ3) is 3.64. The monoisotopic (exact) mass is 312 g/mol. The van der Waals surface area contributed by atoms with Crippen LogP contribution < -0.4 is 10.9 Å². The summed E-state index contributed by atoms with van der Waals surface area (Å²) in [7, 11) is 0. The topological polar surface area (TPSA) is 87.7 Å². The lowest BCUT2D eigenvalue weighted by atomic mass is 10.1. The fourth-order valence-corrected chi connectivity index (χ4v) is 2.62. The summed E-state index contributed by atoms with van der Waals surface area (Å²) >= 11 is 0. The molecular weight excluding hydrogens is 292 g/mol. The zero-order chi connectivity index (χ0) is 16.4. The van der Waals surface area contributed by atoms with E-state index in [1.165, 1.54) is 12.8 Å². The van der Waals surface area contributed by atoms with Crippen LogP contribution in [0.1, 0.15) is 31.0 Å². The fraction of sp³-hybridized carbons (Fsp3) is 0.412. The Bertz CT molecular complexity index is 766. The van der Waals surface area contributed by atoms with Crippen molar-refractivity contribution in [3.8, 4) is 11.5 Å². The van der Waals surface area contributed by atoms with Gasteiger partial charge in [0.15, 0.2) is 5.82 Å². The molecule has 2 heterocycles. The Morgan fingerprint density at radius 3 is 2.83 bits per heavy atom. The van der Waals surface area contributed by atoms with Gasteiger partial charge in [0.25, 0.3) is 5.56 Å². The third-order valence-electron chi connectivity index (χ3n) is 4.18. The standard InChI is InChI=1S/C17H20N4O2/c1-10(12-6-7-12)19-15(22)9-13-11(2)20-16(21-17(13)23)14-5-3-4-8-18-14/h3-5,8,10,12H,6-7,9H2,1-2H3,(H,19,22)(H,20,21,23)/t10-/m1/s1. The summed E-state index contributed by atoms with van der Waals surface area (Å²) in [5, 5.41) is 2.96. The predicted octanol–water partition coefficient (Wildman–Crippen LogP) is 1.60. The summed E-state index contributed by atoms with van der Waals surface area (Å²) in [6, 6.07) is 5.58. The van der Waals surface area contributed by atoms with Crippen molar-refractivity contribution >= 4 is 5.91 Å². The molecule has 2 aromatic rings. The molecule has 0 unspecified atom stereocenters. The van der Waals surface area contributed by atoms with E-state index < -0.39 is 0 Å². The molecule has 0 aromatic carbocycles. The second kappa shape index (κ2) is 6.32. The fourth-order valence-electron chi connectivity index (χ4n) is 2.62. The first kappa shape index (κ1) is 15.4. The van der Waals surface area contributed by atoms with Gasteiger partial charge >= 0.3 is 0 Å². The SMILES string of the molecule is Cc1nc(-c2ccccn2)[nH]c(=O)c1CC(=O)N[C@H](C)C1CC1. The zero-order valence-electron chi connectivity index (χ0n) is 13.3. The molecule has 0 spiro atoms. The highest BCUT2D eigenvalue weighted by Crippen LogP contribution is 2.32. The van der Waals surface area contributed by atoms with Crippen molar-refractivity contribution in [3.63, 3.8) is 0 Å². The van der Waals surface area contributed by atoms with Gasteiger partial charge in [0.1, 0.15) is 5.69 Å². The van der Waals surface area contributed by atoms with Gasteiger partial charge in [-0.3, -0.25) is 14.6 Å². The van der Waals surface area contributed by atoms with Crippen LogP contribution in [0.2, 0.25) is 0 Å². The van der Waals surface area contributed by atoms with Gasteiger partial charge in [0.05, 0.1) is 6.42 Å². The molecule has 3 rings (SSSR count). The van der Waals surface area contributed by atoms with Crippen molar-refractivity contribution < 1.29 is 4.79 Å². The van der Waals surface area contributed by atoms with E-state index >= 15 is 0 Å². The van der Waals surface area contributed by atoms with Crippen LogP contribution in [0.15, 0.2) is 29.2 Å². The van der Waals surface area contributed by atoms with Gasteiger partial charge in [-0.1, -0.05) is 6.07 Å². The summed E-state index contributed by atoms with van der Waals surface area (Å²) in [5.74, 6) is 0.872. The summed E-state index contributed by atoms with van der Waals surface area (Å²) in [6.45, 7) is 3.75. The molecule has 1 fully saturated rings. The van der Waals surface area contributed by atoms with E-state index in [4.69, 9.17) is 0 Å². The molecule has 120 valence electrons. The van der Waals surface area contributed by atoms with Gasteiger partial charge in [0.2, 0.25) is 5.91 Å². The molecule has 2 N–H and O–H groups in total. The number of pyridine rings is 1. The Hall–Kier alpha value is -2.50. The number of rotatable bonds is 5. The summed E-state index contributed by atoms with van der Waals surface area (Å²) in [5.41, 5.74) is 1.28. The van der Waals surface area contributed by atoms with E-state index in [2.05, 4.69) is 20.3 Å². The highest BCUT2D eigenvalue weighted by Gasteiger charge is 2.29. The van der Waals surface area contributed by atoms with Crippen LogP contribution >= 0.6 is 0 Å². The number of carbonyl (C=O) groups excluding carboxylic acids is 1. The molecule has 1 amide bonds. The average molecular weight is 312 g/mol. The normalized spacial score (nSPS) is 15.2. The van der Waals surface area contributed by atoms with Crippen LogP contribution in [0.25, 0.3) is 11.5 Å². The van der Waals surface area contributed by atoms with Crippen LogP contribution in [-0.4, -0.2) is 26.9 Å². The molecule has 23 heavy (non-hydrogen) atoms. The van der Waals surface area contributed by atoms with Crippen molar-refractivity contribution in [3.05, 3.63) is 46.0 Å². The van der Waals surface area contributed by atoms with Crippen LogP contribution in [0.4, 0.5) is 0 Å². The maximum absolute atomic E-state index is 12.3. The molecule has 0 saturated heterocycles. The molecule has 1 aliphatic rings. The number of carbonyl (C=O) groups is 1. The minimum absolute atomic E-state index is 0.0493. The van der Waals surface area contributed by atoms with E-state index in [-0.39, 0.29) is 23.9 Å². The van der Waals surface area contributed by atoms with Crippen molar-refractivity contribution in [2.75, 3.05) is 0 Å². The molecule has 1 aliphatic carbocycles. The second-order valence-electron chi connectivity index (χ2n) is 6.06. The second-order valence-corrected chi connectivity index (χ2v) is 6.06. The number of amides is 1. The molecule has 0 bridgehead atoms. The van der Waals surface area contributed by atoms with Gasteiger partial charge < -0.3 is 10.3 Å². The largest absolute Gasteiger partial charge is 0.353 e. The van der Waals surface area contributed by atoms with Crippen LogP contribution in [0.3, 0.4) is 0 Å². The Kier molecular flexibility index (Phi) is 4.23. The van der Waals surface area contributed by atoms with Crippen molar-refractivity contribution in [1.82, 2.24) is 20.3 Å². The van der Waals surface area contributed by atoms with E-state index in [0.717, 1.165) is 0 Å². The van der Waals surface area contributed by atoms with Gasteiger partial charge in [-0.25, -0.2) is 4.98 Å². The highest BCUT2D eigenvalue weighted by atomic mass is 16.2. The number of nitrogens with zero attached hydrogens (tertiary/aromatic N) is 2. The Balaban J connectivity index is 1.78. The van der Waals surface area contributed by atoms with E-state index in [1.54, 1.807) is 25.3 Å². The van der Waals surface area contributed by atoms with Gasteiger partial charge in [-0.15, -0.1) is 0 Å². The number of hydrogen-bond acceptors (Lipinski definition) is 4. The molecule has 2 aromatic heterocycles. The van der Waals surface area contributed by atoms with Crippen molar-refractivity contribution in [2.45, 2.75) is 39.2 Å². The summed E-state index contributed by atoms with van der Waals surface area (Å²) < 4.78 is 0. The quantitative estimate of drug-likeness (QED) is 0.878. The summed E-state index contributed by atoms with van der Waals surface area (Å²) in [6.07, 6.45) is 4.03. The van der Waals surface area contributed by atoms with Crippen molar-refractivity contribution in [1.29, 1.82) is 0 Å². The minimum atomic E-state index is -0.285. The maximum atomic E-state index is 12.3. The average Bonchev–Trinajstić information content (AvgIpc) is 3.36. The molecule has 1 atom stereocenters. The highest BCUT2D eigenvalue weighted by molar-refractivity contribution is 5.79. The lowest BCUT2D eigenvalue weighted by Gasteiger charge is -2.13. The number of H-pyrrole nitrogens is 1. The molecule has 0 aliphatic heterocycles. The van der Waals surface area contributed by atoms with E-state index in [0.29, 0.717) is 28.7 Å². The van der Waals surface area contributed by atoms with Crippen LogP contribution in [0.5, 0.6) is 0 Å². The van der Waals surface area contributed by atoms with Gasteiger partial charge in [-0.05, 0) is 44.7 Å². The lowest BCUT2D eigenvalue weighted by molar-refractivity contribution is -0.121. The molecule has 6 heteroatoms. The number of hydrogen-bond donors (Lipinski definition) is 2. The van der Waals surface area contributed by atoms with E-state index in [1.807, 2.05) is 13.0 Å². The third-order valence-corrected chi connectivity index (χ3v) is 4.18. The molecule has 6 nitrogen and oxygen atoms in total. The molecule has 0 radical (unpaired) electrons. The minimum Gasteiger partial charge on any atom is -0.353 e. The molecule has 1 saturated carbocycles. The van der Waals surface area contributed by atoms with Crippen LogP contribution in [-0.2, 0) is 11.2 Å². The number of aromatic amines is 1. The Morgan fingerprint density at radius 1 is 1.43 bits per heavy atom. The van der Waals surface area contributed by atoms with Gasteiger partial charge in [-0.2, -0.15) is 0 Å². The molecular formula is C17H20N4O2. The first-order valence-corrected chi connectivity index (χ1v) is 7.85.